The molecule has 8 nitrogen and oxygen atoms in total. The number of aromatic amines is 1. The molecular weight excluding hydrogens is 258 g/mol. The lowest BCUT2D eigenvalue weighted by atomic mass is 10.1. The first-order valence-corrected chi connectivity index (χ1v) is 6.38. The number of rotatable bonds is 5. The maximum atomic E-state index is 11.6. The Morgan fingerprint density at radius 3 is 2.85 bits per heavy atom. The van der Waals surface area contributed by atoms with Crippen LogP contribution in [-0.4, -0.2) is 53.8 Å². The SMILES string of the molecule is CNC(=O)C(C)CN(C)c1nc(NC)nc2[nH]ncc12. The molecule has 0 saturated carbocycles. The van der Waals surface area contributed by atoms with Crippen LogP contribution in [0.2, 0.25) is 0 Å². The first-order valence-electron chi connectivity index (χ1n) is 6.38. The lowest BCUT2D eigenvalue weighted by Gasteiger charge is -2.22. The maximum absolute atomic E-state index is 11.6. The molecule has 2 rings (SSSR count). The van der Waals surface area contributed by atoms with Gasteiger partial charge >= 0.3 is 0 Å². The van der Waals surface area contributed by atoms with Crippen LogP contribution >= 0.6 is 0 Å². The lowest BCUT2D eigenvalue weighted by Crippen LogP contribution is -2.34. The Balaban J connectivity index is 2.31. The van der Waals surface area contributed by atoms with E-state index in [1.165, 1.54) is 0 Å². The normalized spacial score (nSPS) is 12.2. The number of nitrogens with zero attached hydrogens (tertiary/aromatic N) is 4. The number of nitrogens with one attached hydrogen (secondary N) is 3. The van der Waals surface area contributed by atoms with E-state index in [2.05, 4.69) is 30.8 Å². The van der Waals surface area contributed by atoms with E-state index in [1.54, 1.807) is 20.3 Å². The Hall–Kier alpha value is -2.38. The first-order chi connectivity index (χ1) is 9.56. The van der Waals surface area contributed by atoms with Crippen molar-refractivity contribution >= 4 is 28.7 Å². The molecule has 2 aromatic rings. The lowest BCUT2D eigenvalue weighted by molar-refractivity contribution is -0.123. The van der Waals surface area contributed by atoms with Gasteiger partial charge in [-0.3, -0.25) is 9.89 Å². The Labute approximate surface area is 117 Å². The number of amides is 1. The van der Waals surface area contributed by atoms with Crippen LogP contribution in [-0.2, 0) is 4.79 Å². The molecule has 20 heavy (non-hydrogen) atoms. The molecule has 0 spiro atoms. The highest BCUT2D eigenvalue weighted by Gasteiger charge is 2.18. The van der Waals surface area contributed by atoms with Crippen molar-refractivity contribution in [2.45, 2.75) is 6.92 Å². The summed E-state index contributed by atoms with van der Waals surface area (Å²) in [6.45, 7) is 2.43. The number of hydrogen-bond acceptors (Lipinski definition) is 6. The van der Waals surface area contributed by atoms with Gasteiger partial charge in [-0.25, -0.2) is 0 Å². The van der Waals surface area contributed by atoms with Gasteiger partial charge in [-0.05, 0) is 0 Å². The van der Waals surface area contributed by atoms with Crippen LogP contribution in [0.1, 0.15) is 6.92 Å². The highest BCUT2D eigenvalue weighted by molar-refractivity contribution is 5.88. The minimum Gasteiger partial charge on any atom is -0.359 e. The number of carbonyl (C=O) groups excluding carboxylic acids is 1. The van der Waals surface area contributed by atoms with Gasteiger partial charge in [0.15, 0.2) is 5.65 Å². The summed E-state index contributed by atoms with van der Waals surface area (Å²) in [7, 11) is 5.29. The summed E-state index contributed by atoms with van der Waals surface area (Å²) in [5.74, 6) is 1.11. The number of anilines is 2. The van der Waals surface area contributed by atoms with Gasteiger partial charge in [-0.1, -0.05) is 6.92 Å². The molecule has 2 heterocycles. The molecule has 1 atom stereocenters. The molecule has 1 amide bonds. The molecule has 1 unspecified atom stereocenters. The summed E-state index contributed by atoms with van der Waals surface area (Å²) in [4.78, 5) is 22.3. The fourth-order valence-electron chi connectivity index (χ4n) is 2.05. The van der Waals surface area contributed by atoms with Crippen molar-refractivity contribution in [2.75, 3.05) is 37.9 Å². The van der Waals surface area contributed by atoms with E-state index in [0.29, 0.717) is 18.1 Å². The molecule has 3 N–H and O–H groups in total. The third-order valence-electron chi connectivity index (χ3n) is 3.12. The number of aromatic nitrogens is 4. The summed E-state index contributed by atoms with van der Waals surface area (Å²) >= 11 is 0. The van der Waals surface area contributed by atoms with Crippen molar-refractivity contribution in [1.82, 2.24) is 25.5 Å². The smallest absolute Gasteiger partial charge is 0.226 e. The molecule has 2 aromatic heterocycles. The van der Waals surface area contributed by atoms with Gasteiger partial charge < -0.3 is 15.5 Å². The van der Waals surface area contributed by atoms with Crippen LogP contribution in [0, 0.1) is 5.92 Å². The molecule has 0 aliphatic rings. The zero-order valence-electron chi connectivity index (χ0n) is 12.1. The number of H-pyrrole nitrogens is 1. The summed E-state index contributed by atoms with van der Waals surface area (Å²) < 4.78 is 0. The summed E-state index contributed by atoms with van der Waals surface area (Å²) in [6.07, 6.45) is 1.69. The van der Waals surface area contributed by atoms with Gasteiger partial charge in [0.1, 0.15) is 5.82 Å². The minimum absolute atomic E-state index is 0.00295. The van der Waals surface area contributed by atoms with Crippen molar-refractivity contribution in [2.24, 2.45) is 5.92 Å². The number of fused-ring (bicyclic) bond motifs is 1. The molecule has 0 aromatic carbocycles. The second kappa shape index (κ2) is 5.72. The zero-order chi connectivity index (χ0) is 14.7. The van der Waals surface area contributed by atoms with Crippen LogP contribution in [0.25, 0.3) is 11.0 Å². The van der Waals surface area contributed by atoms with Crippen molar-refractivity contribution in [3.63, 3.8) is 0 Å². The fraction of sp³-hybridized carbons (Fsp3) is 0.500. The maximum Gasteiger partial charge on any atom is 0.226 e. The summed E-state index contributed by atoms with van der Waals surface area (Å²) in [5.41, 5.74) is 0.666. The number of carbonyl (C=O) groups is 1. The molecule has 0 fully saturated rings. The van der Waals surface area contributed by atoms with Crippen molar-refractivity contribution in [1.29, 1.82) is 0 Å². The molecule has 8 heteroatoms. The third-order valence-corrected chi connectivity index (χ3v) is 3.12. The van der Waals surface area contributed by atoms with Gasteiger partial charge in [-0.15, -0.1) is 0 Å². The number of hydrogen-bond donors (Lipinski definition) is 3. The Morgan fingerprint density at radius 2 is 2.20 bits per heavy atom. The average molecular weight is 277 g/mol. The average Bonchev–Trinajstić information content (AvgIpc) is 2.92. The van der Waals surface area contributed by atoms with E-state index in [9.17, 15) is 4.79 Å². The van der Waals surface area contributed by atoms with Gasteiger partial charge in [0.05, 0.1) is 17.5 Å². The molecular formula is C12H19N7O. The van der Waals surface area contributed by atoms with Crippen LogP contribution in [0.5, 0.6) is 0 Å². The van der Waals surface area contributed by atoms with E-state index in [4.69, 9.17) is 0 Å². The van der Waals surface area contributed by atoms with Crippen LogP contribution < -0.4 is 15.5 Å². The zero-order valence-corrected chi connectivity index (χ0v) is 12.1. The van der Waals surface area contributed by atoms with E-state index in [0.717, 1.165) is 11.2 Å². The highest BCUT2D eigenvalue weighted by Crippen LogP contribution is 2.23. The first kappa shape index (κ1) is 14.0. The molecule has 0 radical (unpaired) electrons. The van der Waals surface area contributed by atoms with Crippen molar-refractivity contribution in [3.05, 3.63) is 6.20 Å². The quantitative estimate of drug-likeness (QED) is 0.723. The molecule has 0 aliphatic heterocycles. The summed E-state index contributed by atoms with van der Waals surface area (Å²) in [5, 5.41) is 13.2. The standard InChI is InChI=1S/C12H19N7O/c1-7(11(20)13-2)6-19(4)10-8-5-15-18-9(8)16-12(14-3)17-10/h5,7H,6H2,1-4H3,(H,13,20)(H2,14,15,16,17,18). The van der Waals surface area contributed by atoms with Gasteiger partial charge in [0.25, 0.3) is 0 Å². The highest BCUT2D eigenvalue weighted by atomic mass is 16.1. The molecule has 0 aliphatic carbocycles. The van der Waals surface area contributed by atoms with Gasteiger partial charge in [0, 0.05) is 27.7 Å². The second-order valence-corrected chi connectivity index (χ2v) is 4.65. The van der Waals surface area contributed by atoms with Gasteiger partial charge in [0.2, 0.25) is 11.9 Å². The Kier molecular flexibility index (Phi) is 4.02. The van der Waals surface area contributed by atoms with Crippen LogP contribution in [0.4, 0.5) is 11.8 Å². The topological polar surface area (TPSA) is 98.8 Å². The molecule has 0 saturated heterocycles. The van der Waals surface area contributed by atoms with E-state index in [-0.39, 0.29) is 11.8 Å². The van der Waals surface area contributed by atoms with Crippen molar-refractivity contribution < 1.29 is 4.79 Å². The summed E-state index contributed by atoms with van der Waals surface area (Å²) in [6, 6.07) is 0. The third kappa shape index (κ3) is 2.63. The molecule has 108 valence electrons. The predicted molar refractivity (Wildman–Crippen MR) is 77.7 cm³/mol. The monoisotopic (exact) mass is 277 g/mol. The van der Waals surface area contributed by atoms with Gasteiger partial charge in [-0.2, -0.15) is 15.1 Å². The van der Waals surface area contributed by atoms with Crippen LogP contribution in [0.3, 0.4) is 0 Å². The largest absolute Gasteiger partial charge is 0.359 e. The van der Waals surface area contributed by atoms with Crippen molar-refractivity contribution in [3.8, 4) is 0 Å². The second-order valence-electron chi connectivity index (χ2n) is 4.65. The minimum atomic E-state index is -0.139. The van der Waals surface area contributed by atoms with E-state index in [1.807, 2.05) is 18.9 Å². The van der Waals surface area contributed by atoms with E-state index < -0.39 is 0 Å². The Morgan fingerprint density at radius 1 is 1.45 bits per heavy atom. The predicted octanol–water partition coefficient (Wildman–Crippen LogP) is 0.213. The van der Waals surface area contributed by atoms with E-state index >= 15 is 0 Å². The Bertz CT molecular complexity index is 609. The fourth-order valence-corrected chi connectivity index (χ4v) is 2.05. The molecule has 0 bridgehead atoms. The van der Waals surface area contributed by atoms with Crippen LogP contribution in [0.15, 0.2) is 6.20 Å².